The number of ether oxygens (including phenoxy) is 1. The quantitative estimate of drug-likeness (QED) is 0.520. The van der Waals surface area contributed by atoms with Crippen molar-refractivity contribution in [2.45, 2.75) is 17.5 Å². The Labute approximate surface area is 152 Å². The van der Waals surface area contributed by atoms with Crippen LogP contribution in [0.15, 0.2) is 67.0 Å². The first-order valence-corrected chi connectivity index (χ1v) is 8.67. The van der Waals surface area contributed by atoms with Crippen molar-refractivity contribution < 1.29 is 22.3 Å². The minimum Gasteiger partial charge on any atom is -0.406 e. The standard InChI is InChI=1S/C18H14F4N2OS/c19-16-11-13(8-9-23-16)12-26-17-3-1-2-10-24(17)14-4-6-15(7-5-14)25-18(20,21)22/h1-11,17H,12H2. The van der Waals surface area contributed by atoms with Gasteiger partial charge in [-0.15, -0.1) is 24.9 Å². The third-order valence-electron chi connectivity index (χ3n) is 3.49. The Kier molecular flexibility index (Phi) is 5.51. The number of anilines is 1. The van der Waals surface area contributed by atoms with Crippen molar-refractivity contribution in [1.82, 2.24) is 4.98 Å². The second-order valence-electron chi connectivity index (χ2n) is 5.36. The average Bonchev–Trinajstić information content (AvgIpc) is 2.60. The summed E-state index contributed by atoms with van der Waals surface area (Å²) in [4.78, 5) is 5.44. The number of halogens is 4. The summed E-state index contributed by atoms with van der Waals surface area (Å²) in [7, 11) is 0. The zero-order valence-electron chi connectivity index (χ0n) is 13.4. The first-order valence-electron chi connectivity index (χ1n) is 7.62. The van der Waals surface area contributed by atoms with Crippen molar-refractivity contribution in [3.8, 4) is 5.75 Å². The monoisotopic (exact) mass is 382 g/mol. The Bertz CT molecular complexity index is 806. The summed E-state index contributed by atoms with van der Waals surface area (Å²) in [6, 6.07) is 8.79. The van der Waals surface area contributed by atoms with E-state index in [4.69, 9.17) is 0 Å². The fraction of sp³-hybridized carbons (Fsp3) is 0.167. The van der Waals surface area contributed by atoms with E-state index < -0.39 is 12.3 Å². The molecular formula is C18H14F4N2OS. The van der Waals surface area contributed by atoms with E-state index in [0.29, 0.717) is 5.75 Å². The van der Waals surface area contributed by atoms with Crippen molar-refractivity contribution in [1.29, 1.82) is 0 Å². The third-order valence-corrected chi connectivity index (χ3v) is 4.71. The van der Waals surface area contributed by atoms with Crippen LogP contribution in [0.1, 0.15) is 5.56 Å². The maximum absolute atomic E-state index is 13.2. The Morgan fingerprint density at radius 1 is 1.12 bits per heavy atom. The van der Waals surface area contributed by atoms with Gasteiger partial charge in [0.2, 0.25) is 5.95 Å². The molecule has 0 saturated heterocycles. The van der Waals surface area contributed by atoms with Gasteiger partial charge in [-0.2, -0.15) is 4.39 Å². The molecule has 1 unspecified atom stereocenters. The lowest BCUT2D eigenvalue weighted by Crippen LogP contribution is -2.27. The van der Waals surface area contributed by atoms with E-state index in [2.05, 4.69) is 9.72 Å². The number of hydrogen-bond donors (Lipinski definition) is 0. The molecule has 1 aromatic heterocycles. The van der Waals surface area contributed by atoms with Crippen LogP contribution in [0.3, 0.4) is 0 Å². The predicted molar refractivity (Wildman–Crippen MR) is 93.2 cm³/mol. The summed E-state index contributed by atoms with van der Waals surface area (Å²) in [5.74, 6) is -0.234. The highest BCUT2D eigenvalue weighted by atomic mass is 32.2. The van der Waals surface area contributed by atoms with Gasteiger partial charge < -0.3 is 9.64 Å². The van der Waals surface area contributed by atoms with E-state index in [1.165, 1.54) is 24.4 Å². The molecule has 0 fully saturated rings. The molecule has 0 N–H and O–H groups in total. The number of benzene rings is 1. The van der Waals surface area contributed by atoms with Gasteiger partial charge in [0.1, 0.15) is 5.75 Å². The summed E-state index contributed by atoms with van der Waals surface area (Å²) >= 11 is 1.56. The highest BCUT2D eigenvalue weighted by molar-refractivity contribution is 7.99. The summed E-state index contributed by atoms with van der Waals surface area (Å²) in [6.07, 6.45) is 4.23. The molecule has 1 aliphatic rings. The number of pyridine rings is 1. The van der Waals surface area contributed by atoms with E-state index >= 15 is 0 Å². The molecule has 8 heteroatoms. The van der Waals surface area contributed by atoms with Gasteiger partial charge in [0.25, 0.3) is 0 Å². The molecule has 0 amide bonds. The van der Waals surface area contributed by atoms with Crippen molar-refractivity contribution in [2.24, 2.45) is 0 Å². The summed E-state index contributed by atoms with van der Waals surface area (Å²) in [5, 5.41) is -0.0781. The van der Waals surface area contributed by atoms with Gasteiger partial charge in [-0.3, -0.25) is 0 Å². The lowest BCUT2D eigenvalue weighted by atomic mass is 10.2. The molecule has 3 rings (SSSR count). The Balaban J connectivity index is 1.69. The van der Waals surface area contributed by atoms with Crippen LogP contribution in [0.2, 0.25) is 0 Å². The van der Waals surface area contributed by atoms with E-state index in [0.717, 1.165) is 11.3 Å². The number of hydrogen-bond acceptors (Lipinski definition) is 4. The second kappa shape index (κ2) is 7.82. The molecule has 0 aliphatic carbocycles. The lowest BCUT2D eigenvalue weighted by Gasteiger charge is -2.30. The predicted octanol–water partition coefficient (Wildman–Crippen LogP) is 5.27. The zero-order chi connectivity index (χ0) is 18.6. The van der Waals surface area contributed by atoms with Gasteiger partial charge in [0.05, 0.1) is 5.37 Å². The summed E-state index contributed by atoms with van der Waals surface area (Å²) < 4.78 is 53.9. The van der Waals surface area contributed by atoms with Crippen LogP contribution in [0.25, 0.3) is 0 Å². The zero-order valence-corrected chi connectivity index (χ0v) is 14.2. The number of allylic oxidation sites excluding steroid dienone is 2. The van der Waals surface area contributed by atoms with Gasteiger partial charge in [-0.1, -0.05) is 12.2 Å². The fourth-order valence-corrected chi connectivity index (χ4v) is 3.48. The molecule has 0 bridgehead atoms. The maximum Gasteiger partial charge on any atom is 0.573 e. The fourth-order valence-electron chi connectivity index (χ4n) is 2.38. The van der Waals surface area contributed by atoms with Crippen molar-refractivity contribution in [3.05, 3.63) is 78.5 Å². The molecular weight excluding hydrogens is 368 g/mol. The van der Waals surface area contributed by atoms with Crippen LogP contribution in [0.4, 0.5) is 23.2 Å². The largest absolute Gasteiger partial charge is 0.573 e. The van der Waals surface area contributed by atoms with Gasteiger partial charge in [0, 0.05) is 23.8 Å². The lowest BCUT2D eigenvalue weighted by molar-refractivity contribution is -0.274. The molecule has 1 atom stereocenters. The first kappa shape index (κ1) is 18.3. The van der Waals surface area contributed by atoms with Gasteiger partial charge >= 0.3 is 6.36 Å². The van der Waals surface area contributed by atoms with Crippen molar-refractivity contribution in [3.63, 3.8) is 0 Å². The van der Waals surface area contributed by atoms with E-state index in [1.54, 1.807) is 30.0 Å². The molecule has 136 valence electrons. The molecule has 0 spiro atoms. The van der Waals surface area contributed by atoms with Crippen LogP contribution >= 0.6 is 11.8 Å². The summed E-state index contributed by atoms with van der Waals surface area (Å²) in [5.41, 5.74) is 1.53. The number of rotatable bonds is 5. The number of aromatic nitrogens is 1. The smallest absolute Gasteiger partial charge is 0.406 e. The molecule has 1 aliphatic heterocycles. The number of nitrogens with zero attached hydrogens (tertiary/aromatic N) is 2. The third kappa shape index (κ3) is 5.01. The number of thioether (sulfide) groups is 1. The molecule has 2 heterocycles. The minimum atomic E-state index is -4.71. The minimum absolute atomic E-state index is 0.0781. The Morgan fingerprint density at radius 3 is 2.58 bits per heavy atom. The summed E-state index contributed by atoms with van der Waals surface area (Å²) in [6.45, 7) is 0. The number of alkyl halides is 3. The molecule has 3 nitrogen and oxygen atoms in total. The van der Waals surface area contributed by atoms with Crippen LogP contribution < -0.4 is 9.64 Å². The molecule has 0 radical (unpaired) electrons. The Morgan fingerprint density at radius 2 is 1.88 bits per heavy atom. The molecule has 2 aromatic rings. The van der Waals surface area contributed by atoms with E-state index in [1.807, 2.05) is 29.3 Å². The van der Waals surface area contributed by atoms with Gasteiger partial charge in [-0.25, -0.2) is 4.98 Å². The highest BCUT2D eigenvalue weighted by Crippen LogP contribution is 2.31. The maximum atomic E-state index is 13.2. The molecule has 0 saturated carbocycles. The second-order valence-corrected chi connectivity index (χ2v) is 6.47. The molecule has 26 heavy (non-hydrogen) atoms. The van der Waals surface area contributed by atoms with Crippen LogP contribution in [-0.2, 0) is 5.75 Å². The van der Waals surface area contributed by atoms with Crippen molar-refractivity contribution in [2.75, 3.05) is 4.90 Å². The average molecular weight is 382 g/mol. The SMILES string of the molecule is Fc1cc(CSC2C=CC=CN2c2ccc(OC(F)(F)F)cc2)ccn1. The topological polar surface area (TPSA) is 25.4 Å². The van der Waals surface area contributed by atoms with Gasteiger partial charge in [-0.05, 0) is 48.0 Å². The highest BCUT2D eigenvalue weighted by Gasteiger charge is 2.31. The van der Waals surface area contributed by atoms with Gasteiger partial charge in [0.15, 0.2) is 0 Å². The Hall–Kier alpha value is -2.48. The van der Waals surface area contributed by atoms with Crippen LogP contribution in [0, 0.1) is 5.95 Å². The van der Waals surface area contributed by atoms with E-state index in [9.17, 15) is 17.6 Å². The normalized spacial score (nSPS) is 16.8. The molecule has 1 aromatic carbocycles. The van der Waals surface area contributed by atoms with Crippen molar-refractivity contribution >= 4 is 17.4 Å². The van der Waals surface area contributed by atoms with Crippen LogP contribution in [-0.4, -0.2) is 16.7 Å². The first-order chi connectivity index (χ1) is 12.4. The van der Waals surface area contributed by atoms with Crippen LogP contribution in [0.5, 0.6) is 5.75 Å². The van der Waals surface area contributed by atoms with E-state index in [-0.39, 0.29) is 11.1 Å².